The minimum absolute atomic E-state index is 0.478. The minimum Gasteiger partial charge on any atom is -0.384 e. The standard InChI is InChI=1S/C12H11Cl2N3S2/c1-18-11-5-10(15)16-12(17-11)19-6-7-2-8(13)4-9(14)3-7/h2-5H,6H2,1H3,(H2,15,16,17). The van der Waals surface area contributed by atoms with E-state index in [1.807, 2.05) is 18.4 Å². The van der Waals surface area contributed by atoms with Gasteiger partial charge >= 0.3 is 0 Å². The summed E-state index contributed by atoms with van der Waals surface area (Å²) in [6, 6.07) is 7.22. The summed E-state index contributed by atoms with van der Waals surface area (Å²) in [6.07, 6.45) is 1.95. The first kappa shape index (κ1) is 14.8. The van der Waals surface area contributed by atoms with Crippen molar-refractivity contribution in [2.24, 2.45) is 0 Å². The Morgan fingerprint density at radius 1 is 1.11 bits per heavy atom. The van der Waals surface area contributed by atoms with Gasteiger partial charge in [0.15, 0.2) is 5.16 Å². The van der Waals surface area contributed by atoms with E-state index in [9.17, 15) is 0 Å². The molecule has 0 unspecified atom stereocenters. The van der Waals surface area contributed by atoms with Crippen molar-refractivity contribution >= 4 is 52.5 Å². The summed E-state index contributed by atoms with van der Waals surface area (Å²) in [7, 11) is 0. The molecule has 0 aliphatic rings. The van der Waals surface area contributed by atoms with Gasteiger partial charge < -0.3 is 5.73 Å². The van der Waals surface area contributed by atoms with Crippen molar-refractivity contribution in [2.45, 2.75) is 15.9 Å². The summed E-state index contributed by atoms with van der Waals surface area (Å²) in [4.78, 5) is 8.57. The first-order chi connectivity index (χ1) is 9.06. The highest BCUT2D eigenvalue weighted by Crippen LogP contribution is 2.26. The molecule has 0 radical (unpaired) electrons. The monoisotopic (exact) mass is 331 g/mol. The molecule has 0 aliphatic heterocycles. The van der Waals surface area contributed by atoms with Gasteiger partial charge in [-0.3, -0.25) is 0 Å². The zero-order valence-corrected chi connectivity index (χ0v) is 13.2. The van der Waals surface area contributed by atoms with Crippen molar-refractivity contribution < 1.29 is 0 Å². The summed E-state index contributed by atoms with van der Waals surface area (Å²) < 4.78 is 0. The van der Waals surface area contributed by atoms with Gasteiger partial charge in [0.25, 0.3) is 0 Å². The number of nitrogens with zero attached hydrogens (tertiary/aromatic N) is 2. The van der Waals surface area contributed by atoms with Crippen LogP contribution in [0, 0.1) is 0 Å². The molecule has 3 nitrogen and oxygen atoms in total. The average Bonchev–Trinajstić information content (AvgIpc) is 2.34. The number of thioether (sulfide) groups is 2. The highest BCUT2D eigenvalue weighted by molar-refractivity contribution is 7.99. The Morgan fingerprint density at radius 3 is 2.42 bits per heavy atom. The van der Waals surface area contributed by atoms with Crippen LogP contribution >= 0.6 is 46.7 Å². The van der Waals surface area contributed by atoms with E-state index in [1.54, 1.807) is 12.1 Å². The number of hydrogen-bond donors (Lipinski definition) is 1. The lowest BCUT2D eigenvalue weighted by Crippen LogP contribution is -1.96. The lowest BCUT2D eigenvalue weighted by atomic mass is 10.2. The van der Waals surface area contributed by atoms with Gasteiger partial charge in [-0.15, -0.1) is 11.8 Å². The van der Waals surface area contributed by atoms with Crippen LogP contribution in [0.4, 0.5) is 5.82 Å². The molecule has 0 saturated carbocycles. The van der Waals surface area contributed by atoms with Gasteiger partial charge in [-0.2, -0.15) is 0 Å². The topological polar surface area (TPSA) is 51.8 Å². The highest BCUT2D eigenvalue weighted by atomic mass is 35.5. The predicted octanol–water partition coefficient (Wildman–Crippen LogP) is 4.38. The fraction of sp³-hybridized carbons (Fsp3) is 0.167. The SMILES string of the molecule is CSc1cc(N)nc(SCc2cc(Cl)cc(Cl)c2)n1. The molecule has 1 aromatic heterocycles. The Labute approximate surface area is 130 Å². The summed E-state index contributed by atoms with van der Waals surface area (Å²) in [6.45, 7) is 0. The quantitative estimate of drug-likeness (QED) is 0.511. The molecule has 0 atom stereocenters. The summed E-state index contributed by atoms with van der Waals surface area (Å²) in [5.41, 5.74) is 6.76. The van der Waals surface area contributed by atoms with E-state index in [0.29, 0.717) is 26.8 Å². The Balaban J connectivity index is 2.11. The number of halogens is 2. The molecule has 19 heavy (non-hydrogen) atoms. The van der Waals surface area contributed by atoms with Crippen molar-refractivity contribution in [3.05, 3.63) is 39.9 Å². The van der Waals surface area contributed by atoms with Gasteiger partial charge in [0, 0.05) is 21.9 Å². The molecule has 0 spiro atoms. The molecule has 2 aromatic rings. The molecule has 0 amide bonds. The van der Waals surface area contributed by atoms with Crippen molar-refractivity contribution in [1.82, 2.24) is 9.97 Å². The Morgan fingerprint density at radius 2 is 1.79 bits per heavy atom. The van der Waals surface area contributed by atoms with Crippen LogP contribution in [0.25, 0.3) is 0 Å². The molecule has 0 bridgehead atoms. The van der Waals surface area contributed by atoms with Crippen LogP contribution in [0.15, 0.2) is 34.4 Å². The highest BCUT2D eigenvalue weighted by Gasteiger charge is 2.05. The van der Waals surface area contributed by atoms with Crippen LogP contribution in [0.1, 0.15) is 5.56 Å². The van der Waals surface area contributed by atoms with Crippen LogP contribution in [-0.2, 0) is 5.75 Å². The maximum absolute atomic E-state index is 5.96. The molecule has 0 saturated heterocycles. The number of benzene rings is 1. The van der Waals surface area contributed by atoms with Gasteiger partial charge in [0.2, 0.25) is 0 Å². The van der Waals surface area contributed by atoms with Gasteiger partial charge in [0.05, 0.1) is 0 Å². The van der Waals surface area contributed by atoms with Gasteiger partial charge in [-0.25, -0.2) is 9.97 Å². The van der Waals surface area contributed by atoms with Gasteiger partial charge in [0.1, 0.15) is 10.8 Å². The third-order valence-corrected chi connectivity index (χ3v) is 4.18. The van der Waals surface area contributed by atoms with Crippen molar-refractivity contribution in [2.75, 3.05) is 12.0 Å². The second kappa shape index (κ2) is 6.70. The molecular formula is C12H11Cl2N3S2. The Bertz CT molecular complexity index is 573. The number of hydrogen-bond acceptors (Lipinski definition) is 5. The van der Waals surface area contributed by atoms with E-state index >= 15 is 0 Å². The second-order valence-electron chi connectivity index (χ2n) is 3.68. The van der Waals surface area contributed by atoms with Gasteiger partial charge in [-0.05, 0) is 30.0 Å². The van der Waals surface area contributed by atoms with Crippen LogP contribution in [0.3, 0.4) is 0 Å². The van der Waals surface area contributed by atoms with Crippen LogP contribution in [-0.4, -0.2) is 16.2 Å². The van der Waals surface area contributed by atoms with Crippen LogP contribution < -0.4 is 5.73 Å². The number of nitrogen functional groups attached to an aromatic ring is 1. The fourth-order valence-electron chi connectivity index (χ4n) is 1.43. The summed E-state index contributed by atoms with van der Waals surface area (Å²) in [5, 5.41) is 2.77. The maximum atomic E-state index is 5.96. The third kappa shape index (κ3) is 4.45. The van der Waals surface area contributed by atoms with E-state index in [-0.39, 0.29) is 0 Å². The van der Waals surface area contributed by atoms with Crippen LogP contribution in [0.5, 0.6) is 0 Å². The first-order valence-corrected chi connectivity index (χ1v) is 8.30. The summed E-state index contributed by atoms with van der Waals surface area (Å²) >= 11 is 15.0. The third-order valence-electron chi connectivity index (χ3n) is 2.20. The Kier molecular flexibility index (Phi) is 5.21. The predicted molar refractivity (Wildman–Crippen MR) is 84.2 cm³/mol. The average molecular weight is 332 g/mol. The molecule has 0 aliphatic carbocycles. The van der Waals surface area contributed by atoms with Crippen LogP contribution in [0.2, 0.25) is 10.0 Å². The van der Waals surface area contributed by atoms with E-state index < -0.39 is 0 Å². The maximum Gasteiger partial charge on any atom is 0.190 e. The van der Waals surface area contributed by atoms with Crippen molar-refractivity contribution in [3.63, 3.8) is 0 Å². The zero-order valence-electron chi connectivity index (χ0n) is 10.1. The molecule has 2 N–H and O–H groups in total. The lowest BCUT2D eigenvalue weighted by Gasteiger charge is -2.05. The molecule has 0 fully saturated rings. The minimum atomic E-state index is 0.478. The molecular weight excluding hydrogens is 321 g/mol. The largest absolute Gasteiger partial charge is 0.384 e. The molecule has 100 valence electrons. The normalized spacial score (nSPS) is 10.7. The van der Waals surface area contributed by atoms with Crippen molar-refractivity contribution in [1.29, 1.82) is 0 Å². The fourth-order valence-corrected chi connectivity index (χ4v) is 3.27. The van der Waals surface area contributed by atoms with E-state index in [4.69, 9.17) is 28.9 Å². The smallest absolute Gasteiger partial charge is 0.190 e. The lowest BCUT2D eigenvalue weighted by molar-refractivity contribution is 0.900. The Hall–Kier alpha value is -0.620. The number of aromatic nitrogens is 2. The molecule has 7 heteroatoms. The molecule has 2 rings (SSSR count). The van der Waals surface area contributed by atoms with E-state index in [0.717, 1.165) is 10.6 Å². The van der Waals surface area contributed by atoms with E-state index in [2.05, 4.69) is 9.97 Å². The summed E-state index contributed by atoms with van der Waals surface area (Å²) in [5.74, 6) is 1.17. The number of anilines is 1. The molecule has 1 aromatic carbocycles. The van der Waals surface area contributed by atoms with E-state index in [1.165, 1.54) is 23.5 Å². The number of nitrogens with two attached hydrogens (primary N) is 1. The second-order valence-corrected chi connectivity index (χ2v) is 6.33. The molecule has 1 heterocycles. The van der Waals surface area contributed by atoms with Gasteiger partial charge in [-0.1, -0.05) is 35.0 Å². The number of rotatable bonds is 4. The first-order valence-electron chi connectivity index (χ1n) is 5.33. The van der Waals surface area contributed by atoms with Crippen molar-refractivity contribution in [3.8, 4) is 0 Å². The zero-order chi connectivity index (χ0) is 13.8.